The van der Waals surface area contributed by atoms with E-state index >= 15 is 0 Å². The Kier molecular flexibility index (Phi) is 7.94. The predicted molar refractivity (Wildman–Crippen MR) is 104 cm³/mol. The molecule has 0 radical (unpaired) electrons. The number of esters is 1. The molecule has 0 aromatic rings. The fraction of sp³-hybridized carbons (Fsp3) is 0.500. The smallest absolute Gasteiger partial charge is 0.320 e. The first-order valence-corrected chi connectivity index (χ1v) is 8.97. The number of carbonyl (C=O) groups is 3. The Bertz CT molecular complexity index is 662. The van der Waals surface area contributed by atoms with E-state index in [0.29, 0.717) is 25.7 Å². The van der Waals surface area contributed by atoms with Gasteiger partial charge in [-0.15, -0.1) is 13.2 Å². The molecule has 1 rings (SSSR count). The maximum atomic E-state index is 13.4. The van der Waals surface area contributed by atoms with Crippen LogP contribution in [0.2, 0.25) is 0 Å². The van der Waals surface area contributed by atoms with Gasteiger partial charge >= 0.3 is 5.97 Å². The Hall–Kier alpha value is -2.23. The summed E-state index contributed by atoms with van der Waals surface area (Å²) in [5, 5.41) is 0. The molecule has 4 nitrogen and oxygen atoms in total. The van der Waals surface area contributed by atoms with Crippen LogP contribution in [0.3, 0.4) is 0 Å². The van der Waals surface area contributed by atoms with Crippen LogP contribution in [0.5, 0.6) is 0 Å². The fourth-order valence-corrected chi connectivity index (χ4v) is 3.63. The second-order valence-electron chi connectivity index (χ2n) is 7.10. The Morgan fingerprint density at radius 1 is 1.23 bits per heavy atom. The Morgan fingerprint density at radius 3 is 2.35 bits per heavy atom. The lowest BCUT2D eigenvalue weighted by atomic mass is 9.62. The molecule has 0 aromatic carbocycles. The minimum atomic E-state index is -1.35. The summed E-state index contributed by atoms with van der Waals surface area (Å²) < 4.78 is 5.00. The summed E-state index contributed by atoms with van der Waals surface area (Å²) >= 11 is 0. The van der Waals surface area contributed by atoms with E-state index in [0.717, 1.165) is 11.1 Å². The average molecular weight is 358 g/mol. The third kappa shape index (κ3) is 4.48. The van der Waals surface area contributed by atoms with Crippen molar-refractivity contribution in [2.75, 3.05) is 7.11 Å². The summed E-state index contributed by atoms with van der Waals surface area (Å²) in [7, 11) is 1.28. The van der Waals surface area contributed by atoms with Gasteiger partial charge in [-0.3, -0.25) is 14.4 Å². The maximum absolute atomic E-state index is 13.4. The summed E-state index contributed by atoms with van der Waals surface area (Å²) in [6, 6.07) is 0. The van der Waals surface area contributed by atoms with Gasteiger partial charge in [0.05, 0.1) is 12.7 Å². The van der Waals surface area contributed by atoms with E-state index in [4.69, 9.17) is 4.74 Å². The quantitative estimate of drug-likeness (QED) is 0.263. The first-order chi connectivity index (χ1) is 12.2. The van der Waals surface area contributed by atoms with Gasteiger partial charge in [0.1, 0.15) is 5.41 Å². The number of carbonyl (C=O) groups excluding carboxylic acids is 3. The van der Waals surface area contributed by atoms with Crippen LogP contribution in [0, 0.1) is 11.3 Å². The van der Waals surface area contributed by atoms with Gasteiger partial charge in [0, 0.05) is 0 Å². The minimum absolute atomic E-state index is 0.0892. The Balaban J connectivity index is 3.63. The molecule has 26 heavy (non-hydrogen) atoms. The van der Waals surface area contributed by atoms with E-state index < -0.39 is 17.2 Å². The van der Waals surface area contributed by atoms with Crippen molar-refractivity contribution in [1.29, 1.82) is 0 Å². The van der Waals surface area contributed by atoms with Gasteiger partial charge in [0.25, 0.3) is 0 Å². The maximum Gasteiger partial charge on any atom is 0.320 e. The molecule has 0 aliphatic heterocycles. The zero-order valence-corrected chi connectivity index (χ0v) is 16.4. The normalized spacial score (nSPS) is 22.6. The molecule has 0 aromatic heterocycles. The minimum Gasteiger partial charge on any atom is -0.468 e. The number of hydrogen-bond acceptors (Lipinski definition) is 4. The third-order valence-corrected chi connectivity index (χ3v) is 4.93. The number of ether oxygens (including phenoxy) is 1. The highest BCUT2D eigenvalue weighted by atomic mass is 16.5. The van der Waals surface area contributed by atoms with Crippen LogP contribution in [0.4, 0.5) is 0 Å². The molecule has 0 amide bonds. The fourth-order valence-electron chi connectivity index (χ4n) is 3.63. The standard InChI is InChI=1S/C22H30O4/c1-7-9-11-18-17(10-8-2)14-22(21(25)26-6,13-12-15(3)4)20(24)19(18)16(5)23/h7-8,12,17H,1-2,9-11,13-14H2,3-6H3/t17-,22+/m0/s1. The van der Waals surface area contributed by atoms with Gasteiger partial charge in [-0.05, 0) is 58.8 Å². The molecular formula is C22H30O4. The highest BCUT2D eigenvalue weighted by Crippen LogP contribution is 2.46. The van der Waals surface area contributed by atoms with Crippen molar-refractivity contribution in [2.24, 2.45) is 11.3 Å². The van der Waals surface area contributed by atoms with Crippen molar-refractivity contribution in [3.63, 3.8) is 0 Å². The summed E-state index contributed by atoms with van der Waals surface area (Å²) in [5.41, 5.74) is 0.641. The van der Waals surface area contributed by atoms with E-state index in [1.54, 1.807) is 12.2 Å². The van der Waals surface area contributed by atoms with Gasteiger partial charge in [-0.25, -0.2) is 0 Å². The number of methoxy groups -OCH3 is 1. The molecule has 0 fully saturated rings. The van der Waals surface area contributed by atoms with E-state index in [2.05, 4.69) is 13.2 Å². The summed E-state index contributed by atoms with van der Waals surface area (Å²) in [6.07, 6.45) is 7.84. The van der Waals surface area contributed by atoms with Crippen molar-refractivity contribution in [3.8, 4) is 0 Å². The van der Waals surface area contributed by atoms with Gasteiger partial charge < -0.3 is 4.74 Å². The first-order valence-electron chi connectivity index (χ1n) is 8.97. The number of Topliss-reactive ketones (excluding diaryl/α,β-unsaturated/α-hetero) is 2. The van der Waals surface area contributed by atoms with Gasteiger partial charge in [0.2, 0.25) is 0 Å². The molecule has 2 atom stereocenters. The molecular weight excluding hydrogens is 328 g/mol. The van der Waals surface area contributed by atoms with Crippen molar-refractivity contribution in [2.45, 2.75) is 52.9 Å². The molecule has 0 saturated heterocycles. The van der Waals surface area contributed by atoms with Gasteiger partial charge in [-0.1, -0.05) is 29.4 Å². The molecule has 0 bridgehead atoms. The topological polar surface area (TPSA) is 60.4 Å². The highest BCUT2D eigenvalue weighted by molar-refractivity contribution is 6.27. The largest absolute Gasteiger partial charge is 0.468 e. The van der Waals surface area contributed by atoms with Crippen molar-refractivity contribution >= 4 is 17.5 Å². The zero-order valence-electron chi connectivity index (χ0n) is 16.4. The lowest BCUT2D eigenvalue weighted by Crippen LogP contribution is -2.47. The van der Waals surface area contributed by atoms with Crippen LogP contribution in [0.25, 0.3) is 0 Å². The summed E-state index contributed by atoms with van der Waals surface area (Å²) in [6.45, 7) is 12.8. The lowest BCUT2D eigenvalue weighted by Gasteiger charge is -2.39. The molecule has 1 aliphatic carbocycles. The van der Waals surface area contributed by atoms with Crippen molar-refractivity contribution in [1.82, 2.24) is 0 Å². The summed E-state index contributed by atoms with van der Waals surface area (Å²) in [5.74, 6) is -1.37. The predicted octanol–water partition coefficient (Wildman–Crippen LogP) is 4.52. The lowest BCUT2D eigenvalue weighted by molar-refractivity contribution is -0.158. The average Bonchev–Trinajstić information content (AvgIpc) is 2.59. The van der Waals surface area contributed by atoms with Crippen LogP contribution < -0.4 is 0 Å². The number of ketones is 2. The van der Waals surface area contributed by atoms with Crippen LogP contribution in [-0.4, -0.2) is 24.6 Å². The molecule has 4 heteroatoms. The molecule has 0 unspecified atom stereocenters. The van der Waals surface area contributed by atoms with E-state index in [9.17, 15) is 14.4 Å². The highest BCUT2D eigenvalue weighted by Gasteiger charge is 2.53. The molecule has 1 aliphatic rings. The van der Waals surface area contributed by atoms with Crippen LogP contribution in [-0.2, 0) is 19.1 Å². The van der Waals surface area contributed by atoms with E-state index in [1.807, 2.05) is 19.9 Å². The first kappa shape index (κ1) is 21.8. The van der Waals surface area contributed by atoms with Crippen molar-refractivity contribution in [3.05, 3.63) is 48.1 Å². The summed E-state index contributed by atoms with van der Waals surface area (Å²) in [4.78, 5) is 38.4. The van der Waals surface area contributed by atoms with Gasteiger partial charge in [0.15, 0.2) is 11.6 Å². The Morgan fingerprint density at radius 2 is 1.88 bits per heavy atom. The number of rotatable bonds is 9. The molecule has 0 spiro atoms. The zero-order chi connectivity index (χ0) is 19.9. The van der Waals surface area contributed by atoms with Crippen LogP contribution in [0.1, 0.15) is 52.9 Å². The second kappa shape index (κ2) is 9.46. The number of hydrogen-bond donors (Lipinski definition) is 0. The third-order valence-electron chi connectivity index (χ3n) is 4.93. The molecule has 0 saturated carbocycles. The van der Waals surface area contributed by atoms with Crippen LogP contribution >= 0.6 is 0 Å². The second-order valence-corrected chi connectivity index (χ2v) is 7.10. The van der Waals surface area contributed by atoms with Crippen molar-refractivity contribution < 1.29 is 19.1 Å². The van der Waals surface area contributed by atoms with Gasteiger partial charge in [-0.2, -0.15) is 0 Å². The van der Waals surface area contributed by atoms with E-state index in [1.165, 1.54) is 14.0 Å². The monoisotopic (exact) mass is 358 g/mol. The number of allylic oxidation sites excluding steroid dienone is 6. The van der Waals surface area contributed by atoms with E-state index in [-0.39, 0.29) is 23.7 Å². The molecule has 0 N–H and O–H groups in total. The Labute approximate surface area is 156 Å². The molecule has 0 heterocycles. The van der Waals surface area contributed by atoms with Crippen LogP contribution in [0.15, 0.2) is 48.1 Å². The SMILES string of the molecule is C=CCCC1=C(C(C)=O)C(=O)[C@](CC=C(C)C)(C(=O)OC)C[C@@H]1CC=C. The molecule has 142 valence electrons.